The van der Waals surface area contributed by atoms with E-state index >= 15 is 0 Å². The van der Waals surface area contributed by atoms with E-state index in [0.29, 0.717) is 0 Å². The van der Waals surface area contributed by atoms with Gasteiger partial charge in [0.25, 0.3) is 0 Å². The third-order valence-corrected chi connectivity index (χ3v) is 6.50. The molecule has 0 spiro atoms. The summed E-state index contributed by atoms with van der Waals surface area (Å²) in [5.41, 5.74) is 9.53. The molecule has 1 saturated heterocycles. The van der Waals surface area contributed by atoms with Crippen molar-refractivity contribution < 1.29 is 0 Å². The fourth-order valence-electron chi connectivity index (χ4n) is 3.50. The van der Waals surface area contributed by atoms with Crippen molar-refractivity contribution in [2.45, 2.75) is 16.3 Å². The lowest BCUT2D eigenvalue weighted by Gasteiger charge is -2.36. The van der Waals surface area contributed by atoms with Crippen LogP contribution in [0, 0.1) is 0 Å². The van der Waals surface area contributed by atoms with Gasteiger partial charge < -0.3 is 10.6 Å². The molecule has 0 bridgehead atoms. The van der Waals surface area contributed by atoms with Crippen LogP contribution in [0.5, 0.6) is 0 Å². The molecule has 28 heavy (non-hydrogen) atoms. The molecule has 0 atom stereocenters. The standard InChI is InChI=1S/C23H24ClN3S/c24-19-7-5-8-20(16-19)27-14-12-26(13-15-27)17-18-6-1-3-10-22(18)28-23-11-4-2-9-21(23)25/h1-11,16H,12-15,17,25H2. The van der Waals surface area contributed by atoms with Crippen LogP contribution in [-0.2, 0) is 6.54 Å². The number of benzene rings is 3. The van der Waals surface area contributed by atoms with E-state index in [4.69, 9.17) is 17.3 Å². The summed E-state index contributed by atoms with van der Waals surface area (Å²) in [6.07, 6.45) is 0. The molecule has 0 radical (unpaired) electrons. The number of para-hydroxylation sites is 1. The van der Waals surface area contributed by atoms with E-state index in [9.17, 15) is 0 Å². The Morgan fingerprint density at radius 1 is 0.821 bits per heavy atom. The third kappa shape index (κ3) is 4.64. The highest BCUT2D eigenvalue weighted by Crippen LogP contribution is 2.34. The second-order valence-electron chi connectivity index (χ2n) is 6.99. The van der Waals surface area contributed by atoms with Gasteiger partial charge in [0, 0.05) is 58.9 Å². The lowest BCUT2D eigenvalue weighted by Crippen LogP contribution is -2.46. The average molecular weight is 410 g/mol. The van der Waals surface area contributed by atoms with E-state index in [-0.39, 0.29) is 0 Å². The second-order valence-corrected chi connectivity index (χ2v) is 8.51. The van der Waals surface area contributed by atoms with E-state index < -0.39 is 0 Å². The SMILES string of the molecule is Nc1ccccc1Sc1ccccc1CN1CCN(c2cccc(Cl)c2)CC1. The fraction of sp³-hybridized carbons (Fsp3) is 0.217. The number of anilines is 2. The molecule has 1 fully saturated rings. The van der Waals surface area contributed by atoms with E-state index in [2.05, 4.69) is 46.2 Å². The highest BCUT2D eigenvalue weighted by atomic mass is 35.5. The zero-order valence-corrected chi connectivity index (χ0v) is 17.3. The Morgan fingerprint density at radius 2 is 1.54 bits per heavy atom. The van der Waals surface area contributed by atoms with E-state index in [0.717, 1.165) is 48.3 Å². The number of piperazine rings is 1. The molecule has 1 aliphatic heterocycles. The Kier molecular flexibility index (Phi) is 6.10. The molecule has 4 rings (SSSR count). The molecular formula is C23H24ClN3S. The highest BCUT2D eigenvalue weighted by Gasteiger charge is 2.18. The van der Waals surface area contributed by atoms with Crippen molar-refractivity contribution in [2.24, 2.45) is 0 Å². The first-order chi connectivity index (χ1) is 13.7. The van der Waals surface area contributed by atoms with E-state index in [1.807, 2.05) is 36.4 Å². The first-order valence-corrected chi connectivity index (χ1v) is 10.7. The van der Waals surface area contributed by atoms with Gasteiger partial charge in [-0.25, -0.2) is 0 Å². The maximum Gasteiger partial charge on any atom is 0.0455 e. The molecule has 2 N–H and O–H groups in total. The molecular weight excluding hydrogens is 386 g/mol. The molecule has 1 aliphatic rings. The minimum atomic E-state index is 0.797. The number of hydrogen-bond acceptors (Lipinski definition) is 4. The van der Waals surface area contributed by atoms with Gasteiger partial charge in [0.15, 0.2) is 0 Å². The highest BCUT2D eigenvalue weighted by molar-refractivity contribution is 7.99. The zero-order chi connectivity index (χ0) is 19.3. The Labute approximate surface area is 176 Å². The lowest BCUT2D eigenvalue weighted by molar-refractivity contribution is 0.248. The van der Waals surface area contributed by atoms with Crippen molar-refractivity contribution in [1.82, 2.24) is 4.90 Å². The monoisotopic (exact) mass is 409 g/mol. The largest absolute Gasteiger partial charge is 0.398 e. The summed E-state index contributed by atoms with van der Waals surface area (Å²) >= 11 is 7.90. The van der Waals surface area contributed by atoms with Gasteiger partial charge in [0.05, 0.1) is 0 Å². The predicted molar refractivity (Wildman–Crippen MR) is 120 cm³/mol. The third-order valence-electron chi connectivity index (χ3n) is 5.05. The smallest absolute Gasteiger partial charge is 0.0455 e. The Balaban J connectivity index is 1.41. The van der Waals surface area contributed by atoms with Gasteiger partial charge in [-0.2, -0.15) is 0 Å². The van der Waals surface area contributed by atoms with Crippen LogP contribution in [0.2, 0.25) is 5.02 Å². The minimum absolute atomic E-state index is 0.797. The summed E-state index contributed by atoms with van der Waals surface area (Å²) in [4.78, 5) is 7.32. The predicted octanol–water partition coefficient (Wildman–Crippen LogP) is 5.40. The Morgan fingerprint density at radius 3 is 2.29 bits per heavy atom. The van der Waals surface area contributed by atoms with Gasteiger partial charge in [-0.15, -0.1) is 0 Å². The normalized spacial score (nSPS) is 15.0. The first kappa shape index (κ1) is 19.2. The number of nitrogens with zero attached hydrogens (tertiary/aromatic N) is 2. The minimum Gasteiger partial charge on any atom is -0.398 e. The summed E-state index contributed by atoms with van der Waals surface area (Å²) in [5.74, 6) is 0. The lowest BCUT2D eigenvalue weighted by atomic mass is 10.2. The number of nitrogens with two attached hydrogens (primary N) is 1. The van der Waals surface area contributed by atoms with E-state index in [1.165, 1.54) is 16.1 Å². The number of hydrogen-bond donors (Lipinski definition) is 1. The molecule has 0 aromatic heterocycles. The molecule has 5 heteroatoms. The average Bonchev–Trinajstić information content (AvgIpc) is 2.72. The summed E-state index contributed by atoms with van der Waals surface area (Å²) in [6.45, 7) is 5.07. The second kappa shape index (κ2) is 8.91. The van der Waals surface area contributed by atoms with Crippen LogP contribution in [0.15, 0.2) is 82.6 Å². The van der Waals surface area contributed by atoms with Crippen molar-refractivity contribution in [3.05, 3.63) is 83.4 Å². The summed E-state index contributed by atoms with van der Waals surface area (Å²) in [7, 11) is 0. The van der Waals surface area contributed by atoms with Crippen LogP contribution in [0.4, 0.5) is 11.4 Å². The fourth-order valence-corrected chi connectivity index (χ4v) is 4.67. The van der Waals surface area contributed by atoms with Crippen molar-refractivity contribution in [3.8, 4) is 0 Å². The van der Waals surface area contributed by atoms with Crippen LogP contribution in [0.25, 0.3) is 0 Å². The summed E-state index contributed by atoms with van der Waals surface area (Å²) in [6, 6.07) is 24.8. The maximum absolute atomic E-state index is 6.15. The summed E-state index contributed by atoms with van der Waals surface area (Å²) in [5, 5.41) is 0.797. The molecule has 3 aromatic carbocycles. The zero-order valence-electron chi connectivity index (χ0n) is 15.7. The molecule has 0 unspecified atom stereocenters. The molecule has 3 aromatic rings. The van der Waals surface area contributed by atoms with Gasteiger partial charge in [-0.05, 0) is 42.0 Å². The first-order valence-electron chi connectivity index (χ1n) is 9.52. The molecule has 144 valence electrons. The van der Waals surface area contributed by atoms with Crippen LogP contribution in [-0.4, -0.2) is 31.1 Å². The molecule has 1 heterocycles. The van der Waals surface area contributed by atoms with Crippen LogP contribution < -0.4 is 10.6 Å². The van der Waals surface area contributed by atoms with Crippen LogP contribution in [0.3, 0.4) is 0 Å². The Hall–Kier alpha value is -2.14. The number of halogens is 1. The van der Waals surface area contributed by atoms with Crippen molar-refractivity contribution in [1.29, 1.82) is 0 Å². The maximum atomic E-state index is 6.15. The van der Waals surface area contributed by atoms with Crippen molar-refractivity contribution in [2.75, 3.05) is 36.8 Å². The molecule has 0 amide bonds. The van der Waals surface area contributed by atoms with Gasteiger partial charge >= 0.3 is 0 Å². The van der Waals surface area contributed by atoms with Gasteiger partial charge in [-0.1, -0.05) is 59.8 Å². The Bertz CT molecular complexity index is 938. The number of nitrogen functional groups attached to an aromatic ring is 1. The van der Waals surface area contributed by atoms with E-state index in [1.54, 1.807) is 11.8 Å². The topological polar surface area (TPSA) is 32.5 Å². The van der Waals surface area contributed by atoms with Gasteiger partial charge in [0.1, 0.15) is 0 Å². The molecule has 0 aliphatic carbocycles. The van der Waals surface area contributed by atoms with Crippen LogP contribution in [0.1, 0.15) is 5.56 Å². The number of rotatable bonds is 5. The summed E-state index contributed by atoms with van der Waals surface area (Å²) < 4.78 is 0. The van der Waals surface area contributed by atoms with Crippen molar-refractivity contribution >= 4 is 34.7 Å². The quantitative estimate of drug-likeness (QED) is 0.572. The van der Waals surface area contributed by atoms with Gasteiger partial charge in [0.2, 0.25) is 0 Å². The van der Waals surface area contributed by atoms with Crippen molar-refractivity contribution in [3.63, 3.8) is 0 Å². The van der Waals surface area contributed by atoms with Gasteiger partial charge in [-0.3, -0.25) is 4.90 Å². The molecule has 3 nitrogen and oxygen atoms in total. The molecule has 0 saturated carbocycles. The van der Waals surface area contributed by atoms with Crippen LogP contribution >= 0.6 is 23.4 Å².